The van der Waals surface area contributed by atoms with Crippen molar-refractivity contribution in [2.45, 2.75) is 13.5 Å². The van der Waals surface area contributed by atoms with Gasteiger partial charge in [-0.25, -0.2) is 4.98 Å². The lowest BCUT2D eigenvalue weighted by Crippen LogP contribution is -1.94. The highest BCUT2D eigenvalue weighted by atomic mass is 16.5. The number of oxazole rings is 1. The summed E-state index contributed by atoms with van der Waals surface area (Å²) in [4.78, 5) is 4.62. The van der Waals surface area contributed by atoms with Gasteiger partial charge in [-0.2, -0.15) is 0 Å². The summed E-state index contributed by atoms with van der Waals surface area (Å²) in [5.74, 6) is 2.24. The highest BCUT2D eigenvalue weighted by molar-refractivity contribution is 5.88. The van der Waals surface area contributed by atoms with E-state index in [9.17, 15) is 0 Å². The molecule has 0 saturated carbocycles. The fourth-order valence-electron chi connectivity index (χ4n) is 3.47. The Balaban J connectivity index is 1.40. The first-order chi connectivity index (χ1) is 14.8. The number of benzene rings is 4. The zero-order chi connectivity index (χ0) is 20.3. The van der Waals surface area contributed by atoms with Gasteiger partial charge in [0.05, 0.1) is 6.61 Å². The number of hydrogen-bond donors (Lipinski definition) is 0. The zero-order valence-electron chi connectivity index (χ0n) is 16.7. The van der Waals surface area contributed by atoms with Crippen LogP contribution in [0.25, 0.3) is 33.3 Å². The van der Waals surface area contributed by atoms with Crippen LogP contribution in [0.2, 0.25) is 0 Å². The average molecular weight is 395 g/mol. The third-order valence-corrected chi connectivity index (χ3v) is 4.98. The van der Waals surface area contributed by atoms with Crippen LogP contribution in [0.4, 0.5) is 0 Å². The molecule has 0 N–H and O–H groups in total. The summed E-state index contributed by atoms with van der Waals surface area (Å²) in [5.41, 5.74) is 3.63. The zero-order valence-corrected chi connectivity index (χ0v) is 16.7. The molecule has 0 amide bonds. The van der Waals surface area contributed by atoms with E-state index in [2.05, 4.69) is 41.4 Å². The first-order valence-corrected chi connectivity index (χ1v) is 10.0. The number of rotatable bonds is 6. The molecular weight excluding hydrogens is 374 g/mol. The molecule has 0 unspecified atom stereocenters. The summed E-state index contributed by atoms with van der Waals surface area (Å²) in [5, 5.41) is 2.22. The van der Waals surface area contributed by atoms with Crippen LogP contribution >= 0.6 is 0 Å². The minimum absolute atomic E-state index is 0.553. The molecule has 0 saturated heterocycles. The van der Waals surface area contributed by atoms with Crippen LogP contribution in [-0.4, -0.2) is 11.6 Å². The Morgan fingerprint density at radius 3 is 2.40 bits per heavy atom. The van der Waals surface area contributed by atoms with Gasteiger partial charge in [-0.15, -0.1) is 0 Å². The van der Waals surface area contributed by atoms with Crippen molar-refractivity contribution in [2.24, 2.45) is 0 Å². The molecule has 5 aromatic rings. The van der Waals surface area contributed by atoms with Crippen molar-refractivity contribution in [1.29, 1.82) is 0 Å². The van der Waals surface area contributed by atoms with Crippen molar-refractivity contribution in [3.05, 3.63) is 90.5 Å². The predicted octanol–water partition coefficient (Wildman–Crippen LogP) is 6.63. The number of hydrogen-bond acceptors (Lipinski definition) is 4. The maximum atomic E-state index is 5.99. The Bertz CT molecular complexity index is 1310. The summed E-state index contributed by atoms with van der Waals surface area (Å²) in [6.07, 6.45) is 0. The maximum Gasteiger partial charge on any atom is 0.227 e. The van der Waals surface area contributed by atoms with Crippen molar-refractivity contribution < 1.29 is 13.9 Å². The minimum atomic E-state index is 0.553. The Hall–Kier alpha value is -3.79. The topological polar surface area (TPSA) is 44.5 Å². The molecule has 1 heterocycles. The summed E-state index contributed by atoms with van der Waals surface area (Å²) >= 11 is 0. The van der Waals surface area contributed by atoms with Gasteiger partial charge in [0, 0.05) is 11.6 Å². The largest absolute Gasteiger partial charge is 0.494 e. The highest BCUT2D eigenvalue weighted by Gasteiger charge is 2.10. The van der Waals surface area contributed by atoms with Crippen LogP contribution in [0.3, 0.4) is 0 Å². The molecule has 148 valence electrons. The van der Waals surface area contributed by atoms with Crippen LogP contribution in [0, 0.1) is 0 Å². The number of nitrogens with zero attached hydrogens (tertiary/aromatic N) is 1. The normalized spacial score (nSPS) is 11.1. The number of ether oxygens (including phenoxy) is 2. The fourth-order valence-corrected chi connectivity index (χ4v) is 3.47. The van der Waals surface area contributed by atoms with E-state index in [1.54, 1.807) is 0 Å². The molecule has 30 heavy (non-hydrogen) atoms. The SMILES string of the molecule is CCOc1ccc2nc(-c3ccc4cc(OCc5ccccc5)ccc4c3)oc2c1. The second-order valence-electron chi connectivity index (χ2n) is 7.08. The van der Waals surface area contributed by atoms with Crippen molar-refractivity contribution in [2.75, 3.05) is 6.61 Å². The Kier molecular flexibility index (Phi) is 4.81. The van der Waals surface area contributed by atoms with E-state index in [0.717, 1.165) is 44.5 Å². The predicted molar refractivity (Wildman–Crippen MR) is 119 cm³/mol. The van der Waals surface area contributed by atoms with Gasteiger partial charge in [0.15, 0.2) is 5.58 Å². The molecule has 0 spiro atoms. The molecule has 0 aliphatic carbocycles. The lowest BCUT2D eigenvalue weighted by molar-refractivity contribution is 0.306. The van der Waals surface area contributed by atoms with Crippen LogP contribution in [0.15, 0.2) is 89.3 Å². The second-order valence-corrected chi connectivity index (χ2v) is 7.08. The Morgan fingerprint density at radius 2 is 1.53 bits per heavy atom. The lowest BCUT2D eigenvalue weighted by atomic mass is 10.1. The molecule has 4 aromatic carbocycles. The summed E-state index contributed by atoms with van der Waals surface area (Å²) < 4.78 is 17.5. The van der Waals surface area contributed by atoms with Gasteiger partial charge in [0.1, 0.15) is 23.6 Å². The first-order valence-electron chi connectivity index (χ1n) is 10.0. The summed E-state index contributed by atoms with van der Waals surface area (Å²) in [6.45, 7) is 3.13. The molecule has 0 bridgehead atoms. The standard InChI is InChI=1S/C26H21NO3/c1-2-28-23-12-13-24-25(16-23)30-26(27-24)21-9-8-20-15-22(11-10-19(20)14-21)29-17-18-6-4-3-5-7-18/h3-16H,2,17H2,1H3. The van der Waals surface area contributed by atoms with Gasteiger partial charge in [-0.3, -0.25) is 0 Å². The Morgan fingerprint density at radius 1 is 0.767 bits per heavy atom. The van der Waals surface area contributed by atoms with E-state index in [4.69, 9.17) is 13.9 Å². The van der Waals surface area contributed by atoms with E-state index in [1.165, 1.54) is 0 Å². The van der Waals surface area contributed by atoms with Crippen molar-refractivity contribution >= 4 is 21.9 Å². The molecule has 5 rings (SSSR count). The van der Waals surface area contributed by atoms with Crippen molar-refractivity contribution in [3.8, 4) is 23.0 Å². The molecular formula is C26H21NO3. The third-order valence-electron chi connectivity index (χ3n) is 4.98. The second kappa shape index (κ2) is 7.91. The van der Waals surface area contributed by atoms with Crippen LogP contribution in [0.1, 0.15) is 12.5 Å². The van der Waals surface area contributed by atoms with Gasteiger partial charge < -0.3 is 13.9 Å². The fraction of sp³-hybridized carbons (Fsp3) is 0.115. The molecule has 0 aliphatic rings. The third kappa shape index (κ3) is 3.72. The average Bonchev–Trinajstić information content (AvgIpc) is 3.22. The van der Waals surface area contributed by atoms with E-state index >= 15 is 0 Å². The van der Waals surface area contributed by atoms with Crippen LogP contribution in [0.5, 0.6) is 11.5 Å². The van der Waals surface area contributed by atoms with Crippen LogP contribution < -0.4 is 9.47 Å². The molecule has 4 heteroatoms. The maximum absolute atomic E-state index is 5.99. The van der Waals surface area contributed by atoms with Crippen molar-refractivity contribution in [1.82, 2.24) is 4.98 Å². The monoisotopic (exact) mass is 395 g/mol. The lowest BCUT2D eigenvalue weighted by Gasteiger charge is -2.08. The van der Waals surface area contributed by atoms with Gasteiger partial charge in [-0.05, 0) is 59.7 Å². The Labute approximate surface area is 174 Å². The molecule has 1 aromatic heterocycles. The van der Waals surface area contributed by atoms with Gasteiger partial charge in [0.2, 0.25) is 5.89 Å². The van der Waals surface area contributed by atoms with E-state index in [-0.39, 0.29) is 0 Å². The van der Waals surface area contributed by atoms with E-state index in [1.807, 2.05) is 55.5 Å². The molecule has 4 nitrogen and oxygen atoms in total. The quantitative estimate of drug-likeness (QED) is 0.324. The molecule has 0 fully saturated rings. The highest BCUT2D eigenvalue weighted by Crippen LogP contribution is 2.30. The summed E-state index contributed by atoms with van der Waals surface area (Å²) in [6, 6.07) is 28.2. The van der Waals surface area contributed by atoms with E-state index < -0.39 is 0 Å². The van der Waals surface area contributed by atoms with Crippen LogP contribution in [-0.2, 0) is 6.61 Å². The van der Waals surface area contributed by atoms with Gasteiger partial charge in [0.25, 0.3) is 0 Å². The summed E-state index contributed by atoms with van der Waals surface area (Å²) in [7, 11) is 0. The minimum Gasteiger partial charge on any atom is -0.494 e. The number of aromatic nitrogens is 1. The smallest absolute Gasteiger partial charge is 0.227 e. The molecule has 0 radical (unpaired) electrons. The van der Waals surface area contributed by atoms with Crippen molar-refractivity contribution in [3.63, 3.8) is 0 Å². The number of fused-ring (bicyclic) bond motifs is 2. The van der Waals surface area contributed by atoms with E-state index in [0.29, 0.717) is 19.1 Å². The van der Waals surface area contributed by atoms with Gasteiger partial charge in [-0.1, -0.05) is 42.5 Å². The van der Waals surface area contributed by atoms with Gasteiger partial charge >= 0.3 is 0 Å². The molecule has 0 aliphatic heterocycles. The molecule has 0 atom stereocenters. The first kappa shape index (κ1) is 18.3.